The molecular weight excluding hydrogens is 576 g/mol. The molecule has 0 radical (unpaired) electrons. The second kappa shape index (κ2) is 13.0. The van der Waals surface area contributed by atoms with Crippen LogP contribution in [0, 0.1) is 18.3 Å². The summed E-state index contributed by atoms with van der Waals surface area (Å²) in [6.45, 7) is 6.26. The molecule has 5 rings (SSSR count). The van der Waals surface area contributed by atoms with E-state index in [1.54, 1.807) is 43.5 Å². The van der Waals surface area contributed by atoms with E-state index in [4.69, 9.17) is 30.8 Å². The molecule has 9 heteroatoms. The van der Waals surface area contributed by atoms with Gasteiger partial charge < -0.3 is 14.2 Å². The lowest BCUT2D eigenvalue weighted by Gasteiger charge is -2.17. The molecule has 0 saturated carbocycles. The average Bonchev–Trinajstić information content (AvgIpc) is 3.03. The largest absolute Gasteiger partial charge is 0.496 e. The van der Waals surface area contributed by atoms with E-state index in [1.807, 2.05) is 43.3 Å². The Kier molecular flexibility index (Phi) is 8.98. The molecule has 0 amide bonds. The van der Waals surface area contributed by atoms with Crippen LogP contribution in [0.5, 0.6) is 17.2 Å². The average molecular weight is 607 g/mol. The van der Waals surface area contributed by atoms with E-state index in [0.29, 0.717) is 39.4 Å². The number of para-hydroxylation sites is 1. The Morgan fingerprint density at radius 3 is 2.48 bits per heavy atom. The van der Waals surface area contributed by atoms with Crippen molar-refractivity contribution in [2.45, 2.75) is 33.3 Å². The van der Waals surface area contributed by atoms with Crippen LogP contribution in [-0.2, 0) is 6.61 Å². The minimum absolute atomic E-state index is 0.133. The number of nitriles is 1. The second-order valence-electron chi connectivity index (χ2n) is 10.5. The van der Waals surface area contributed by atoms with Gasteiger partial charge in [-0.25, -0.2) is 4.98 Å². The zero-order chi connectivity index (χ0) is 31.4. The van der Waals surface area contributed by atoms with Crippen LogP contribution in [0.2, 0.25) is 5.02 Å². The lowest BCUT2D eigenvalue weighted by atomic mass is 9.96. The fourth-order valence-electron chi connectivity index (χ4n) is 4.96. The van der Waals surface area contributed by atoms with Crippen LogP contribution >= 0.6 is 11.6 Å². The standard InChI is InChI=1S/C35H31ClN4O4/c1-21(2)27-17-28(22(3)14-31(27)42-4)34-39-30-13-9-8-12-26(30)35(41)40(34)38-19-23-15-29(36)33(32(16-23)43-5)44-20-25-11-7-6-10-24(25)18-37/h6-17,19,21H,20H2,1-5H3. The first kappa shape index (κ1) is 30.3. The molecule has 1 aromatic heterocycles. The molecule has 0 aliphatic heterocycles. The van der Waals surface area contributed by atoms with Crippen molar-refractivity contribution in [3.63, 3.8) is 0 Å². The van der Waals surface area contributed by atoms with Crippen LogP contribution in [-0.4, -0.2) is 30.1 Å². The van der Waals surface area contributed by atoms with Gasteiger partial charge in [0.15, 0.2) is 17.3 Å². The summed E-state index contributed by atoms with van der Waals surface area (Å²) in [6, 6.07) is 23.9. The Morgan fingerprint density at radius 2 is 1.75 bits per heavy atom. The Bertz CT molecular complexity index is 1990. The maximum absolute atomic E-state index is 13.8. The quantitative estimate of drug-likeness (QED) is 0.161. The van der Waals surface area contributed by atoms with Crippen LogP contribution in [0.3, 0.4) is 0 Å². The number of hydrogen-bond donors (Lipinski definition) is 0. The number of aryl methyl sites for hydroxylation is 1. The first-order chi connectivity index (χ1) is 21.2. The van der Waals surface area contributed by atoms with E-state index in [9.17, 15) is 10.1 Å². The molecule has 5 aromatic rings. The molecule has 4 aromatic carbocycles. The van der Waals surface area contributed by atoms with Crippen LogP contribution in [0.4, 0.5) is 0 Å². The van der Waals surface area contributed by atoms with Gasteiger partial charge in [0.25, 0.3) is 5.56 Å². The smallest absolute Gasteiger partial charge is 0.282 e. The zero-order valence-corrected chi connectivity index (χ0v) is 25.8. The predicted molar refractivity (Wildman–Crippen MR) is 173 cm³/mol. The maximum atomic E-state index is 13.8. The van der Waals surface area contributed by atoms with E-state index >= 15 is 0 Å². The summed E-state index contributed by atoms with van der Waals surface area (Å²) >= 11 is 6.64. The molecule has 0 aliphatic carbocycles. The number of rotatable bonds is 9. The van der Waals surface area contributed by atoms with E-state index in [2.05, 4.69) is 25.0 Å². The molecule has 0 bridgehead atoms. The normalized spacial score (nSPS) is 11.2. The fraction of sp³-hybridized carbons (Fsp3) is 0.200. The van der Waals surface area contributed by atoms with Crippen LogP contribution in [0.25, 0.3) is 22.3 Å². The van der Waals surface area contributed by atoms with Crippen LogP contribution < -0.4 is 19.8 Å². The van der Waals surface area contributed by atoms with Crippen LogP contribution in [0.1, 0.15) is 47.6 Å². The van der Waals surface area contributed by atoms with Crippen molar-refractivity contribution in [3.8, 4) is 34.7 Å². The number of benzene rings is 4. The van der Waals surface area contributed by atoms with Gasteiger partial charge in [0, 0.05) is 11.1 Å². The summed E-state index contributed by atoms with van der Waals surface area (Å²) in [5, 5.41) is 14.8. The van der Waals surface area contributed by atoms with Crippen molar-refractivity contribution in [1.29, 1.82) is 5.26 Å². The van der Waals surface area contributed by atoms with Crippen molar-refractivity contribution < 1.29 is 14.2 Å². The topological polar surface area (TPSA) is 98.7 Å². The maximum Gasteiger partial charge on any atom is 0.282 e. The van der Waals surface area contributed by atoms with Crippen molar-refractivity contribution in [2.75, 3.05) is 14.2 Å². The van der Waals surface area contributed by atoms with Gasteiger partial charge >= 0.3 is 0 Å². The van der Waals surface area contributed by atoms with Gasteiger partial charge in [0.2, 0.25) is 0 Å². The fourth-order valence-corrected chi connectivity index (χ4v) is 5.23. The Morgan fingerprint density at radius 1 is 1.02 bits per heavy atom. The number of hydrogen-bond acceptors (Lipinski definition) is 7. The SMILES string of the molecule is COc1cc(C)c(-c2nc3ccccc3c(=O)n2N=Cc2cc(Cl)c(OCc3ccccc3C#N)c(OC)c2)cc1C(C)C. The molecule has 0 saturated heterocycles. The van der Waals surface area contributed by atoms with Crippen molar-refractivity contribution in [3.05, 3.63) is 116 Å². The highest BCUT2D eigenvalue weighted by atomic mass is 35.5. The van der Waals surface area contributed by atoms with Crippen LogP contribution in [0.15, 0.2) is 82.7 Å². The summed E-state index contributed by atoms with van der Waals surface area (Å²) in [4.78, 5) is 18.7. The van der Waals surface area contributed by atoms with Gasteiger partial charge in [-0.05, 0) is 72.0 Å². The van der Waals surface area contributed by atoms with E-state index in [1.165, 1.54) is 18.0 Å². The van der Waals surface area contributed by atoms with Gasteiger partial charge in [-0.3, -0.25) is 4.79 Å². The summed E-state index contributed by atoms with van der Waals surface area (Å²) in [7, 11) is 3.16. The molecule has 0 N–H and O–H groups in total. The Labute approximate surface area is 260 Å². The van der Waals surface area contributed by atoms with E-state index in [-0.39, 0.29) is 23.1 Å². The summed E-state index contributed by atoms with van der Waals surface area (Å²) < 4.78 is 18.5. The molecule has 44 heavy (non-hydrogen) atoms. The number of methoxy groups -OCH3 is 2. The van der Waals surface area contributed by atoms with Gasteiger partial charge in [0.05, 0.1) is 48.0 Å². The first-order valence-electron chi connectivity index (χ1n) is 14.0. The number of ether oxygens (including phenoxy) is 3. The molecular formula is C35H31ClN4O4. The third-order valence-corrected chi connectivity index (χ3v) is 7.56. The van der Waals surface area contributed by atoms with Gasteiger partial charge in [-0.15, -0.1) is 0 Å². The number of aromatic nitrogens is 2. The molecule has 8 nitrogen and oxygen atoms in total. The van der Waals surface area contributed by atoms with Crippen molar-refractivity contribution in [1.82, 2.24) is 9.66 Å². The van der Waals surface area contributed by atoms with E-state index in [0.717, 1.165) is 28.0 Å². The predicted octanol–water partition coefficient (Wildman–Crippen LogP) is 7.50. The van der Waals surface area contributed by atoms with Crippen molar-refractivity contribution >= 4 is 28.7 Å². The Balaban J connectivity index is 1.59. The molecule has 0 unspecified atom stereocenters. The third kappa shape index (κ3) is 6.01. The number of halogens is 1. The second-order valence-corrected chi connectivity index (χ2v) is 10.9. The molecule has 1 heterocycles. The highest BCUT2D eigenvalue weighted by molar-refractivity contribution is 6.32. The molecule has 0 aliphatic rings. The van der Waals surface area contributed by atoms with Gasteiger partial charge in [-0.2, -0.15) is 15.0 Å². The minimum Gasteiger partial charge on any atom is -0.496 e. The number of fused-ring (bicyclic) bond motifs is 1. The monoisotopic (exact) mass is 606 g/mol. The lowest BCUT2D eigenvalue weighted by molar-refractivity contribution is 0.284. The van der Waals surface area contributed by atoms with Crippen molar-refractivity contribution in [2.24, 2.45) is 5.10 Å². The molecule has 0 fully saturated rings. The molecule has 222 valence electrons. The van der Waals surface area contributed by atoms with Gasteiger partial charge in [-0.1, -0.05) is 55.8 Å². The zero-order valence-electron chi connectivity index (χ0n) is 25.1. The minimum atomic E-state index is -0.308. The molecule has 0 atom stereocenters. The highest BCUT2D eigenvalue weighted by Gasteiger charge is 2.19. The molecule has 0 spiro atoms. The third-order valence-electron chi connectivity index (χ3n) is 7.28. The summed E-state index contributed by atoms with van der Waals surface area (Å²) in [6.07, 6.45) is 1.53. The first-order valence-corrected chi connectivity index (χ1v) is 14.4. The highest BCUT2D eigenvalue weighted by Crippen LogP contribution is 2.37. The summed E-state index contributed by atoms with van der Waals surface area (Å²) in [5.74, 6) is 2.07. The Hall–Kier alpha value is -5.13. The van der Waals surface area contributed by atoms with Gasteiger partial charge in [0.1, 0.15) is 12.4 Å². The number of nitrogens with zero attached hydrogens (tertiary/aromatic N) is 4. The summed E-state index contributed by atoms with van der Waals surface area (Å²) in [5.41, 5.74) is 4.75. The van der Waals surface area contributed by atoms with E-state index < -0.39 is 0 Å². The lowest BCUT2D eigenvalue weighted by Crippen LogP contribution is -2.20.